The van der Waals surface area contributed by atoms with Gasteiger partial charge in [0.2, 0.25) is 0 Å². The molecule has 0 heterocycles. The topological polar surface area (TPSA) is 72.8 Å². The molecular weight excluding hydrogens is 479 g/mol. The summed E-state index contributed by atoms with van der Waals surface area (Å²) >= 11 is 14.1. The second-order valence-corrected chi connectivity index (χ2v) is 11.0. The van der Waals surface area contributed by atoms with Crippen LogP contribution in [0.1, 0.15) is 44.2 Å². The molecule has 1 atom stereocenters. The van der Waals surface area contributed by atoms with Crippen LogP contribution in [0.15, 0.2) is 47.4 Å². The molecule has 0 amide bonds. The predicted molar refractivity (Wildman–Crippen MR) is 138 cm³/mol. The normalized spacial score (nSPS) is 12.8. The highest BCUT2D eigenvalue weighted by Gasteiger charge is 2.20. The van der Waals surface area contributed by atoms with Crippen LogP contribution in [0.5, 0.6) is 0 Å². The Balaban J connectivity index is 1.78. The summed E-state index contributed by atoms with van der Waals surface area (Å²) in [6.07, 6.45) is 2.99. The number of aliphatic hydroxyl groups excluding tert-OH is 1. The van der Waals surface area contributed by atoms with E-state index in [4.69, 9.17) is 28.3 Å². The molecule has 0 unspecified atom stereocenters. The molecule has 0 bridgehead atoms. The summed E-state index contributed by atoms with van der Waals surface area (Å²) < 4.78 is 1.90. The van der Waals surface area contributed by atoms with Crippen LogP contribution >= 0.6 is 35.1 Å². The average molecular weight is 514 g/mol. The number of halogens is 2. The Kier molecular flexibility index (Phi) is 11.5. The molecule has 0 fully saturated rings. The Morgan fingerprint density at radius 1 is 1.12 bits per heavy atom. The van der Waals surface area contributed by atoms with Crippen molar-refractivity contribution < 1.29 is 15.0 Å². The van der Waals surface area contributed by atoms with Crippen LogP contribution in [0.25, 0.3) is 0 Å². The second-order valence-electron chi connectivity index (χ2n) is 8.94. The molecule has 0 saturated carbocycles. The van der Waals surface area contributed by atoms with E-state index in [2.05, 4.69) is 43.4 Å². The fraction of sp³-hybridized carbons (Fsp3) is 0.480. The van der Waals surface area contributed by atoms with Crippen LogP contribution in [0.2, 0.25) is 10.0 Å². The smallest absolute Gasteiger partial charge is 0.303 e. The Bertz CT molecular complexity index is 873. The lowest BCUT2D eigenvalue weighted by Gasteiger charge is -2.29. The standard InChI is InChI=1S/C25H34Cl2N2O3S/c1-25(2,13-7-10-18-8-5-4-6-9-18)28-16-20(30)17-29(3)33-24-21(26)14-19(15-22(24)27)11-12-23(31)32/h4-6,8-9,14-15,20,28,30H,7,10-13,16-17H2,1-3H3,(H,31,32)/t20-/m1/s1. The molecule has 2 rings (SSSR count). The van der Waals surface area contributed by atoms with Crippen molar-refractivity contribution in [3.8, 4) is 0 Å². The summed E-state index contributed by atoms with van der Waals surface area (Å²) in [5.74, 6) is -0.859. The zero-order chi connectivity index (χ0) is 24.4. The van der Waals surface area contributed by atoms with Crippen LogP contribution < -0.4 is 5.32 Å². The highest BCUT2D eigenvalue weighted by atomic mass is 35.5. The van der Waals surface area contributed by atoms with E-state index in [-0.39, 0.29) is 12.0 Å². The molecule has 2 aromatic rings. The number of carboxylic acid groups (broad SMARTS) is 1. The van der Waals surface area contributed by atoms with Gasteiger partial charge in [0.05, 0.1) is 21.0 Å². The van der Waals surface area contributed by atoms with Crippen molar-refractivity contribution in [2.45, 2.75) is 62.5 Å². The zero-order valence-corrected chi connectivity index (χ0v) is 21.8. The van der Waals surface area contributed by atoms with E-state index < -0.39 is 12.1 Å². The van der Waals surface area contributed by atoms with E-state index in [0.29, 0.717) is 34.5 Å². The molecule has 0 aromatic heterocycles. The van der Waals surface area contributed by atoms with E-state index in [1.807, 2.05) is 17.4 Å². The van der Waals surface area contributed by atoms with E-state index in [1.165, 1.54) is 17.5 Å². The summed E-state index contributed by atoms with van der Waals surface area (Å²) in [4.78, 5) is 11.5. The molecule has 3 N–H and O–H groups in total. The fourth-order valence-electron chi connectivity index (χ4n) is 3.51. The maximum Gasteiger partial charge on any atom is 0.303 e. The van der Waals surface area contributed by atoms with Gasteiger partial charge in [-0.05, 0) is 81.8 Å². The third-order valence-corrected chi connectivity index (χ3v) is 7.23. The number of aliphatic hydroxyl groups is 1. The Hall–Kier alpha value is -1.28. The molecule has 0 spiro atoms. The largest absolute Gasteiger partial charge is 0.481 e. The number of rotatable bonds is 14. The maximum atomic E-state index is 10.8. The average Bonchev–Trinajstić information content (AvgIpc) is 2.74. The lowest BCUT2D eigenvalue weighted by molar-refractivity contribution is -0.136. The van der Waals surface area contributed by atoms with Gasteiger partial charge < -0.3 is 15.5 Å². The third kappa shape index (κ3) is 10.7. The van der Waals surface area contributed by atoms with Gasteiger partial charge in [-0.2, -0.15) is 0 Å². The van der Waals surface area contributed by atoms with Crippen molar-refractivity contribution in [3.63, 3.8) is 0 Å². The van der Waals surface area contributed by atoms with Gasteiger partial charge >= 0.3 is 5.97 Å². The van der Waals surface area contributed by atoms with Gasteiger partial charge in [0.25, 0.3) is 0 Å². The number of nitrogens with one attached hydrogen (secondary N) is 1. The van der Waals surface area contributed by atoms with Crippen LogP contribution in [0, 0.1) is 0 Å². The lowest BCUT2D eigenvalue weighted by Crippen LogP contribution is -2.45. The highest BCUT2D eigenvalue weighted by Crippen LogP contribution is 2.37. The molecular formula is C25H34Cl2N2O3S. The van der Waals surface area contributed by atoms with E-state index >= 15 is 0 Å². The van der Waals surface area contributed by atoms with Gasteiger partial charge in [-0.15, -0.1) is 0 Å². The van der Waals surface area contributed by atoms with Crippen molar-refractivity contribution in [2.75, 3.05) is 20.1 Å². The van der Waals surface area contributed by atoms with Crippen LogP contribution in [0.3, 0.4) is 0 Å². The van der Waals surface area contributed by atoms with Crippen molar-refractivity contribution in [1.82, 2.24) is 9.62 Å². The summed E-state index contributed by atoms with van der Waals surface area (Å²) in [7, 11) is 1.88. The molecule has 0 aliphatic rings. The number of hydrogen-bond acceptors (Lipinski definition) is 5. The first-order valence-corrected chi connectivity index (χ1v) is 12.6. The monoisotopic (exact) mass is 512 g/mol. The van der Waals surface area contributed by atoms with Crippen molar-refractivity contribution >= 4 is 41.1 Å². The fourth-order valence-corrected chi connectivity index (χ4v) is 5.10. The molecule has 33 heavy (non-hydrogen) atoms. The van der Waals surface area contributed by atoms with Crippen molar-refractivity contribution in [3.05, 3.63) is 63.6 Å². The van der Waals surface area contributed by atoms with Crippen molar-refractivity contribution in [1.29, 1.82) is 0 Å². The van der Waals surface area contributed by atoms with Crippen LogP contribution in [-0.2, 0) is 17.6 Å². The van der Waals surface area contributed by atoms with Gasteiger partial charge in [0, 0.05) is 25.0 Å². The quantitative estimate of drug-likeness (QED) is 0.282. The summed E-state index contributed by atoms with van der Waals surface area (Å²) in [6.45, 7) is 5.24. The van der Waals surface area contributed by atoms with Crippen LogP contribution in [0.4, 0.5) is 0 Å². The Morgan fingerprint density at radius 3 is 2.36 bits per heavy atom. The first-order chi connectivity index (χ1) is 15.6. The number of β-amino-alcohol motifs (C(OH)–C–C–N with tert-alkyl or cyclic N) is 1. The van der Waals surface area contributed by atoms with Gasteiger partial charge in [-0.3, -0.25) is 4.79 Å². The molecule has 0 aliphatic heterocycles. The minimum atomic E-state index is -0.859. The van der Waals surface area contributed by atoms with Crippen LogP contribution in [-0.4, -0.2) is 52.3 Å². The number of carboxylic acids is 1. The predicted octanol–water partition coefficient (Wildman–Crippen LogP) is 5.70. The molecule has 0 radical (unpaired) electrons. The number of likely N-dealkylation sites (N-methyl/N-ethyl adjacent to an activating group) is 1. The molecule has 0 aliphatic carbocycles. The summed E-state index contributed by atoms with van der Waals surface area (Å²) in [5, 5.41) is 23.8. The first-order valence-electron chi connectivity index (χ1n) is 11.1. The second kappa shape index (κ2) is 13.6. The molecule has 0 saturated heterocycles. The van der Waals surface area contributed by atoms with Crippen molar-refractivity contribution in [2.24, 2.45) is 0 Å². The highest BCUT2D eigenvalue weighted by molar-refractivity contribution is 7.97. The summed E-state index contributed by atoms with van der Waals surface area (Å²) in [6, 6.07) is 14.0. The van der Waals surface area contributed by atoms with E-state index in [9.17, 15) is 9.90 Å². The SMILES string of the molecule is CN(C[C@H](O)CNC(C)(C)CCCc1ccccc1)Sc1c(Cl)cc(CCC(=O)O)cc1Cl. The maximum absolute atomic E-state index is 10.8. The zero-order valence-electron chi connectivity index (χ0n) is 19.5. The van der Waals surface area contributed by atoms with Gasteiger partial charge in [-0.25, -0.2) is 4.31 Å². The molecule has 182 valence electrons. The molecule has 5 nitrogen and oxygen atoms in total. The molecule has 8 heteroatoms. The Labute approximate surface area is 211 Å². The number of aliphatic carboxylic acids is 1. The first kappa shape index (κ1) is 28.0. The number of nitrogens with zero attached hydrogens (tertiary/aromatic N) is 1. The molecule has 2 aromatic carbocycles. The third-order valence-electron chi connectivity index (χ3n) is 5.33. The van der Waals surface area contributed by atoms with E-state index in [0.717, 1.165) is 24.8 Å². The number of aryl methyl sites for hydroxylation is 2. The summed E-state index contributed by atoms with van der Waals surface area (Å²) in [5.41, 5.74) is 2.07. The lowest BCUT2D eigenvalue weighted by atomic mass is 9.95. The minimum Gasteiger partial charge on any atom is -0.481 e. The van der Waals surface area contributed by atoms with Gasteiger partial charge in [0.15, 0.2) is 0 Å². The number of hydrogen-bond donors (Lipinski definition) is 3. The number of carbonyl (C=O) groups is 1. The Morgan fingerprint density at radius 2 is 1.76 bits per heavy atom. The number of benzene rings is 2. The van der Waals surface area contributed by atoms with Gasteiger partial charge in [0.1, 0.15) is 0 Å². The van der Waals surface area contributed by atoms with E-state index in [1.54, 1.807) is 12.1 Å². The minimum absolute atomic E-state index is 0.0286. The van der Waals surface area contributed by atoms with Gasteiger partial charge in [-0.1, -0.05) is 53.5 Å².